The molecular weight excluding hydrogens is 371 g/mol. The molecule has 2 aromatic carbocycles. The summed E-state index contributed by atoms with van der Waals surface area (Å²) in [5.41, 5.74) is 3.08. The molecule has 10 heteroatoms. The third kappa shape index (κ3) is 5.46. The van der Waals surface area contributed by atoms with E-state index in [1.807, 2.05) is 0 Å². The van der Waals surface area contributed by atoms with E-state index in [9.17, 15) is 26.4 Å². The number of carbonyl (C=O) groups excluding carboxylic acids is 1. The molecule has 0 aromatic heterocycles. The Hall–Kier alpha value is -2.59. The van der Waals surface area contributed by atoms with Gasteiger partial charge in [-0.3, -0.25) is 15.6 Å². The minimum atomic E-state index is -4.57. The molecule has 0 aliphatic heterocycles. The number of hydrogen-bond acceptors (Lipinski definition) is 4. The van der Waals surface area contributed by atoms with E-state index < -0.39 is 27.7 Å². The predicted molar refractivity (Wildman–Crippen MR) is 89.5 cm³/mol. The number of amides is 1. The molecule has 0 bridgehead atoms. The van der Waals surface area contributed by atoms with E-state index in [1.54, 1.807) is 18.2 Å². The number of benzene rings is 2. The van der Waals surface area contributed by atoms with Crippen molar-refractivity contribution in [2.45, 2.75) is 17.5 Å². The third-order valence-electron chi connectivity index (χ3n) is 3.27. The molecule has 0 heterocycles. The van der Waals surface area contributed by atoms with Crippen molar-refractivity contribution >= 4 is 21.6 Å². The van der Waals surface area contributed by atoms with Gasteiger partial charge in [-0.25, -0.2) is 13.1 Å². The Labute approximate surface area is 148 Å². The summed E-state index contributed by atoms with van der Waals surface area (Å²) in [7, 11) is -3.75. The van der Waals surface area contributed by atoms with Crippen molar-refractivity contribution in [3.05, 3.63) is 60.2 Å². The van der Waals surface area contributed by atoms with Gasteiger partial charge in [0.25, 0.3) is 0 Å². The maximum Gasteiger partial charge on any atom is 0.418 e. The van der Waals surface area contributed by atoms with Crippen LogP contribution in [0.3, 0.4) is 0 Å². The lowest BCUT2D eigenvalue weighted by Gasteiger charge is -2.15. The minimum absolute atomic E-state index is 0.0534. The molecule has 0 unspecified atom stereocenters. The molecule has 0 atom stereocenters. The average Bonchev–Trinajstić information content (AvgIpc) is 2.60. The first-order chi connectivity index (χ1) is 12.2. The summed E-state index contributed by atoms with van der Waals surface area (Å²) in [6.45, 7) is -0.203. The van der Waals surface area contributed by atoms with Crippen LogP contribution in [0.15, 0.2) is 59.5 Å². The summed E-state index contributed by atoms with van der Waals surface area (Å²) < 4.78 is 64.7. The number of para-hydroxylation sites is 1. The number of hydrazine groups is 1. The first-order valence-electron chi connectivity index (χ1n) is 7.46. The van der Waals surface area contributed by atoms with E-state index >= 15 is 0 Å². The molecule has 26 heavy (non-hydrogen) atoms. The Bertz CT molecular complexity index is 856. The van der Waals surface area contributed by atoms with Gasteiger partial charge in [-0.2, -0.15) is 13.2 Å². The number of sulfonamides is 1. The van der Waals surface area contributed by atoms with Gasteiger partial charge < -0.3 is 0 Å². The largest absolute Gasteiger partial charge is 0.418 e. The van der Waals surface area contributed by atoms with Gasteiger partial charge in [0.2, 0.25) is 15.9 Å². The number of anilines is 1. The standard InChI is InChI=1S/C16H16F3N3O3S/c17-16(18,19)13-8-4-5-9-14(13)21-22-15(23)10-11-20-26(24,25)12-6-2-1-3-7-12/h1-9,20-21H,10-11H2,(H,22,23). The number of carbonyl (C=O) groups is 1. The molecule has 3 N–H and O–H groups in total. The maximum absolute atomic E-state index is 12.8. The van der Waals surface area contributed by atoms with Gasteiger partial charge in [0.1, 0.15) is 0 Å². The zero-order chi connectivity index (χ0) is 19.2. The Morgan fingerprint density at radius 3 is 2.23 bits per heavy atom. The van der Waals surface area contributed by atoms with E-state index in [-0.39, 0.29) is 23.5 Å². The van der Waals surface area contributed by atoms with Crippen molar-refractivity contribution in [2.24, 2.45) is 0 Å². The molecule has 140 valence electrons. The fourth-order valence-electron chi connectivity index (χ4n) is 2.02. The van der Waals surface area contributed by atoms with Crippen molar-refractivity contribution in [1.82, 2.24) is 10.1 Å². The summed E-state index contributed by atoms with van der Waals surface area (Å²) >= 11 is 0. The number of hydrogen-bond donors (Lipinski definition) is 3. The molecule has 0 radical (unpaired) electrons. The van der Waals surface area contributed by atoms with Gasteiger partial charge in [0.05, 0.1) is 16.1 Å². The quantitative estimate of drug-likeness (QED) is 0.637. The van der Waals surface area contributed by atoms with Crippen molar-refractivity contribution in [3.8, 4) is 0 Å². The SMILES string of the molecule is O=C(CCNS(=O)(=O)c1ccccc1)NNc1ccccc1C(F)(F)F. The normalized spacial score (nSPS) is 11.8. The lowest BCUT2D eigenvalue weighted by atomic mass is 10.2. The Balaban J connectivity index is 1.85. The molecule has 6 nitrogen and oxygen atoms in total. The van der Waals surface area contributed by atoms with Crippen LogP contribution in [0.25, 0.3) is 0 Å². The van der Waals surface area contributed by atoms with Crippen LogP contribution in [0.2, 0.25) is 0 Å². The van der Waals surface area contributed by atoms with Crippen LogP contribution < -0.4 is 15.6 Å². The highest BCUT2D eigenvalue weighted by Crippen LogP contribution is 2.34. The van der Waals surface area contributed by atoms with Crippen molar-refractivity contribution < 1.29 is 26.4 Å². The van der Waals surface area contributed by atoms with E-state index in [0.717, 1.165) is 6.07 Å². The van der Waals surface area contributed by atoms with Gasteiger partial charge in [-0.15, -0.1) is 0 Å². The number of rotatable bonds is 7. The Morgan fingerprint density at radius 1 is 0.962 bits per heavy atom. The van der Waals surface area contributed by atoms with Gasteiger partial charge >= 0.3 is 6.18 Å². The minimum Gasteiger partial charge on any atom is -0.298 e. The molecular formula is C16H16F3N3O3S. The molecule has 2 rings (SSSR count). The average molecular weight is 387 g/mol. The number of alkyl halides is 3. The molecule has 0 aliphatic rings. The molecule has 0 saturated carbocycles. The van der Waals surface area contributed by atoms with Crippen molar-refractivity contribution in [1.29, 1.82) is 0 Å². The second kappa shape index (κ2) is 8.19. The van der Waals surface area contributed by atoms with E-state index in [0.29, 0.717) is 0 Å². The fraction of sp³-hybridized carbons (Fsp3) is 0.188. The first-order valence-corrected chi connectivity index (χ1v) is 8.94. The Kier molecular flexibility index (Phi) is 6.22. The smallest absolute Gasteiger partial charge is 0.298 e. The highest BCUT2D eigenvalue weighted by Gasteiger charge is 2.33. The van der Waals surface area contributed by atoms with Gasteiger partial charge in [-0.05, 0) is 24.3 Å². The predicted octanol–water partition coefficient (Wildman–Crippen LogP) is 2.52. The number of halogens is 3. The highest BCUT2D eigenvalue weighted by molar-refractivity contribution is 7.89. The second-order valence-electron chi connectivity index (χ2n) is 5.18. The number of nitrogens with one attached hydrogen (secondary N) is 3. The zero-order valence-corrected chi connectivity index (χ0v) is 14.2. The van der Waals surface area contributed by atoms with E-state index in [1.165, 1.54) is 30.3 Å². The maximum atomic E-state index is 12.8. The lowest BCUT2D eigenvalue weighted by molar-refractivity contribution is -0.137. The van der Waals surface area contributed by atoms with Crippen LogP contribution in [-0.2, 0) is 21.0 Å². The first kappa shape index (κ1) is 19.7. The van der Waals surface area contributed by atoms with Crippen LogP contribution in [0, 0.1) is 0 Å². The van der Waals surface area contributed by atoms with Crippen LogP contribution in [0.4, 0.5) is 18.9 Å². The molecule has 0 fully saturated rings. The summed E-state index contributed by atoms with van der Waals surface area (Å²) in [4.78, 5) is 11.8. The van der Waals surface area contributed by atoms with Crippen molar-refractivity contribution in [3.63, 3.8) is 0 Å². The summed E-state index contributed by atoms with van der Waals surface area (Å²) in [5, 5.41) is 0. The summed E-state index contributed by atoms with van der Waals surface area (Å²) in [6.07, 6.45) is -4.83. The highest BCUT2D eigenvalue weighted by atomic mass is 32.2. The zero-order valence-electron chi connectivity index (χ0n) is 13.4. The monoisotopic (exact) mass is 387 g/mol. The van der Waals surface area contributed by atoms with E-state index in [4.69, 9.17) is 0 Å². The fourth-order valence-corrected chi connectivity index (χ4v) is 3.07. The molecule has 0 spiro atoms. The lowest BCUT2D eigenvalue weighted by Crippen LogP contribution is -2.34. The van der Waals surface area contributed by atoms with Gasteiger partial charge in [-0.1, -0.05) is 30.3 Å². The Morgan fingerprint density at radius 2 is 1.58 bits per heavy atom. The van der Waals surface area contributed by atoms with Crippen molar-refractivity contribution in [2.75, 3.05) is 12.0 Å². The topological polar surface area (TPSA) is 87.3 Å². The third-order valence-corrected chi connectivity index (χ3v) is 4.74. The van der Waals surface area contributed by atoms with Gasteiger partial charge in [0.15, 0.2) is 0 Å². The second-order valence-corrected chi connectivity index (χ2v) is 6.94. The van der Waals surface area contributed by atoms with Crippen LogP contribution in [-0.4, -0.2) is 20.9 Å². The van der Waals surface area contributed by atoms with Crippen LogP contribution in [0.5, 0.6) is 0 Å². The van der Waals surface area contributed by atoms with E-state index in [2.05, 4.69) is 15.6 Å². The van der Waals surface area contributed by atoms with Crippen LogP contribution in [0.1, 0.15) is 12.0 Å². The molecule has 2 aromatic rings. The molecule has 1 amide bonds. The van der Waals surface area contributed by atoms with Gasteiger partial charge in [0, 0.05) is 13.0 Å². The summed E-state index contributed by atoms with van der Waals surface area (Å²) in [5.74, 6) is -0.669. The van der Waals surface area contributed by atoms with Crippen LogP contribution >= 0.6 is 0 Å². The molecule has 0 aliphatic carbocycles. The molecule has 0 saturated heterocycles. The summed E-state index contributed by atoms with van der Waals surface area (Å²) in [6, 6.07) is 12.2.